The van der Waals surface area contributed by atoms with Gasteiger partial charge in [-0.25, -0.2) is 0 Å². The Hall–Kier alpha value is -3.65. The van der Waals surface area contributed by atoms with Gasteiger partial charge in [0.05, 0.1) is 24.0 Å². The predicted molar refractivity (Wildman–Crippen MR) is 125 cm³/mol. The molecule has 8 heteroatoms. The maximum Gasteiger partial charge on any atom is 0.259 e. The number of nitrogens with zero attached hydrogens (tertiary/aromatic N) is 3. The van der Waals surface area contributed by atoms with Crippen molar-refractivity contribution in [2.45, 2.75) is 13.5 Å². The van der Waals surface area contributed by atoms with Crippen molar-refractivity contribution in [3.05, 3.63) is 66.4 Å². The van der Waals surface area contributed by atoms with E-state index in [0.29, 0.717) is 30.1 Å². The number of amides is 2. The molecule has 0 unspecified atom stereocenters. The van der Waals surface area contributed by atoms with Crippen LogP contribution in [0.25, 0.3) is 11.3 Å². The van der Waals surface area contributed by atoms with Crippen molar-refractivity contribution in [1.82, 2.24) is 20.0 Å². The Kier molecular flexibility index (Phi) is 7.99. The Morgan fingerprint density at radius 1 is 1.06 bits per heavy atom. The van der Waals surface area contributed by atoms with Crippen LogP contribution in [-0.4, -0.2) is 60.3 Å². The number of ether oxygens (including phenoxy) is 1. The van der Waals surface area contributed by atoms with Crippen LogP contribution in [-0.2, 0) is 11.3 Å². The maximum absolute atomic E-state index is 13.1. The highest BCUT2D eigenvalue weighted by Crippen LogP contribution is 2.25. The summed E-state index contributed by atoms with van der Waals surface area (Å²) in [5.41, 5.74) is 2.85. The fraction of sp³-hybridized carbons (Fsp3) is 0.292. The van der Waals surface area contributed by atoms with Crippen LogP contribution in [0.4, 0.5) is 5.69 Å². The topological polar surface area (TPSA) is 88.5 Å². The second-order valence-electron chi connectivity index (χ2n) is 7.52. The van der Waals surface area contributed by atoms with Crippen LogP contribution in [0, 0.1) is 0 Å². The van der Waals surface area contributed by atoms with Crippen LogP contribution in [0.1, 0.15) is 17.3 Å². The highest BCUT2D eigenvalue weighted by Gasteiger charge is 2.19. The number of hydrogen-bond donors (Lipinski definition) is 2. The first-order valence-corrected chi connectivity index (χ1v) is 10.5. The molecule has 32 heavy (non-hydrogen) atoms. The molecule has 0 aliphatic heterocycles. The van der Waals surface area contributed by atoms with E-state index in [-0.39, 0.29) is 18.4 Å². The van der Waals surface area contributed by atoms with Gasteiger partial charge in [-0.1, -0.05) is 30.3 Å². The molecule has 2 N–H and O–H groups in total. The highest BCUT2D eigenvalue weighted by atomic mass is 16.5. The molecule has 0 aliphatic rings. The van der Waals surface area contributed by atoms with Crippen LogP contribution >= 0.6 is 0 Å². The lowest BCUT2D eigenvalue weighted by atomic mass is 10.1. The minimum Gasteiger partial charge on any atom is -0.484 e. The van der Waals surface area contributed by atoms with Crippen LogP contribution in [0.3, 0.4) is 0 Å². The minimum atomic E-state index is -0.240. The van der Waals surface area contributed by atoms with Crippen molar-refractivity contribution in [1.29, 1.82) is 0 Å². The molecule has 3 rings (SSSR count). The van der Waals surface area contributed by atoms with Gasteiger partial charge in [0, 0.05) is 24.3 Å². The lowest BCUT2D eigenvalue weighted by Crippen LogP contribution is -2.28. The molecule has 0 fully saturated rings. The Morgan fingerprint density at radius 2 is 1.78 bits per heavy atom. The van der Waals surface area contributed by atoms with Gasteiger partial charge in [0.15, 0.2) is 6.61 Å². The fourth-order valence-corrected chi connectivity index (χ4v) is 3.15. The van der Waals surface area contributed by atoms with E-state index in [2.05, 4.69) is 20.6 Å². The molecular weight excluding hydrogens is 406 g/mol. The molecule has 0 spiro atoms. The molecule has 168 valence electrons. The van der Waals surface area contributed by atoms with Crippen LogP contribution in [0.5, 0.6) is 5.75 Å². The summed E-state index contributed by atoms with van der Waals surface area (Å²) < 4.78 is 7.31. The van der Waals surface area contributed by atoms with Gasteiger partial charge in [0.2, 0.25) is 0 Å². The van der Waals surface area contributed by atoms with Gasteiger partial charge in [-0.3, -0.25) is 14.3 Å². The molecule has 0 bridgehead atoms. The third-order valence-corrected chi connectivity index (χ3v) is 4.75. The molecule has 1 aromatic heterocycles. The Bertz CT molecular complexity index is 1030. The third kappa shape index (κ3) is 6.18. The van der Waals surface area contributed by atoms with Crippen molar-refractivity contribution in [3.63, 3.8) is 0 Å². The van der Waals surface area contributed by atoms with Crippen molar-refractivity contribution in [2.75, 3.05) is 39.1 Å². The average molecular weight is 436 g/mol. The Morgan fingerprint density at radius 3 is 2.44 bits per heavy atom. The number of rotatable bonds is 10. The van der Waals surface area contributed by atoms with E-state index >= 15 is 0 Å². The molecule has 2 aromatic carbocycles. The number of carbonyl (C=O) groups excluding carboxylic acids is 2. The van der Waals surface area contributed by atoms with E-state index in [4.69, 9.17) is 4.74 Å². The van der Waals surface area contributed by atoms with Crippen molar-refractivity contribution < 1.29 is 14.3 Å². The summed E-state index contributed by atoms with van der Waals surface area (Å²) in [6.45, 7) is 3.84. The number of nitrogens with one attached hydrogen (secondary N) is 2. The van der Waals surface area contributed by atoms with E-state index < -0.39 is 0 Å². The van der Waals surface area contributed by atoms with Gasteiger partial charge in [0.1, 0.15) is 5.75 Å². The molecule has 0 saturated heterocycles. The molecule has 0 saturated carbocycles. The summed E-state index contributed by atoms with van der Waals surface area (Å²) in [4.78, 5) is 26.7. The van der Waals surface area contributed by atoms with Gasteiger partial charge < -0.3 is 20.3 Å². The van der Waals surface area contributed by atoms with E-state index in [9.17, 15) is 9.59 Å². The van der Waals surface area contributed by atoms with Gasteiger partial charge in [-0.2, -0.15) is 5.10 Å². The first kappa shape index (κ1) is 23.0. The first-order valence-electron chi connectivity index (χ1n) is 10.5. The van der Waals surface area contributed by atoms with Crippen molar-refractivity contribution in [3.8, 4) is 17.0 Å². The van der Waals surface area contributed by atoms with E-state index in [1.54, 1.807) is 30.5 Å². The molecule has 0 atom stereocenters. The summed E-state index contributed by atoms with van der Waals surface area (Å²) >= 11 is 0. The van der Waals surface area contributed by atoms with Gasteiger partial charge in [0.25, 0.3) is 11.8 Å². The largest absolute Gasteiger partial charge is 0.484 e. The summed E-state index contributed by atoms with van der Waals surface area (Å²) in [6.07, 6.45) is 1.61. The number of anilines is 1. The van der Waals surface area contributed by atoms with Gasteiger partial charge >= 0.3 is 0 Å². The minimum absolute atomic E-state index is 0.0495. The summed E-state index contributed by atoms with van der Waals surface area (Å²) in [5, 5.41) is 10.1. The molecular formula is C24H29N5O3. The molecule has 2 amide bonds. The van der Waals surface area contributed by atoms with E-state index in [0.717, 1.165) is 17.8 Å². The van der Waals surface area contributed by atoms with Crippen molar-refractivity contribution >= 4 is 17.5 Å². The number of likely N-dealkylation sites (N-methyl/N-ethyl adjacent to an activating group) is 2. The SMILES string of the molecule is CCNC(=O)COc1ccc(NC(=O)c2cnn(CCN(C)C)c2-c2ccccc2)cc1. The lowest BCUT2D eigenvalue weighted by molar-refractivity contribution is -0.122. The zero-order chi connectivity index (χ0) is 22.9. The molecule has 1 heterocycles. The predicted octanol–water partition coefficient (Wildman–Crippen LogP) is 2.88. The lowest BCUT2D eigenvalue weighted by Gasteiger charge is -2.13. The van der Waals surface area contributed by atoms with Crippen LogP contribution < -0.4 is 15.4 Å². The first-order chi connectivity index (χ1) is 15.5. The Labute approximate surface area is 188 Å². The summed E-state index contributed by atoms with van der Waals surface area (Å²) in [7, 11) is 4.01. The number of carbonyl (C=O) groups is 2. The van der Waals surface area contributed by atoms with Crippen LogP contribution in [0.15, 0.2) is 60.8 Å². The third-order valence-electron chi connectivity index (χ3n) is 4.75. The quantitative estimate of drug-likeness (QED) is 0.511. The van der Waals surface area contributed by atoms with Gasteiger partial charge in [-0.15, -0.1) is 0 Å². The molecule has 0 aliphatic carbocycles. The zero-order valence-corrected chi connectivity index (χ0v) is 18.7. The number of benzene rings is 2. The highest BCUT2D eigenvalue weighted by molar-refractivity contribution is 6.08. The number of aromatic nitrogens is 2. The Balaban J connectivity index is 1.74. The maximum atomic E-state index is 13.1. The average Bonchev–Trinajstić information content (AvgIpc) is 3.22. The fourth-order valence-electron chi connectivity index (χ4n) is 3.15. The normalized spacial score (nSPS) is 10.8. The smallest absolute Gasteiger partial charge is 0.259 e. The van der Waals surface area contributed by atoms with Crippen LogP contribution in [0.2, 0.25) is 0 Å². The zero-order valence-electron chi connectivity index (χ0n) is 18.7. The summed E-state index contributed by atoms with van der Waals surface area (Å²) in [5.74, 6) is 0.135. The molecule has 8 nitrogen and oxygen atoms in total. The number of hydrogen-bond acceptors (Lipinski definition) is 5. The molecule has 3 aromatic rings. The summed E-state index contributed by atoms with van der Waals surface area (Å²) in [6, 6.07) is 16.7. The second kappa shape index (κ2) is 11.1. The second-order valence-corrected chi connectivity index (χ2v) is 7.52. The molecule has 0 radical (unpaired) electrons. The van der Waals surface area contributed by atoms with E-state index in [1.165, 1.54) is 0 Å². The van der Waals surface area contributed by atoms with Gasteiger partial charge in [-0.05, 0) is 45.3 Å². The van der Waals surface area contributed by atoms with Crippen molar-refractivity contribution in [2.24, 2.45) is 0 Å². The monoisotopic (exact) mass is 435 g/mol. The van der Waals surface area contributed by atoms with E-state index in [1.807, 2.05) is 56.0 Å². The standard InChI is InChI=1S/C24H29N5O3/c1-4-25-22(30)17-32-20-12-10-19(11-13-20)27-24(31)21-16-26-29(15-14-28(2)3)23(21)18-8-6-5-7-9-18/h5-13,16H,4,14-15,17H2,1-3H3,(H,25,30)(H,27,31).